The molecule has 24 heavy (non-hydrogen) atoms. The zero-order chi connectivity index (χ0) is 17.1. The number of imidazole rings is 1. The summed E-state index contributed by atoms with van der Waals surface area (Å²) in [5.74, 6) is -0.846. The molecule has 1 heterocycles. The van der Waals surface area contributed by atoms with E-state index in [9.17, 15) is 13.2 Å². The summed E-state index contributed by atoms with van der Waals surface area (Å²) in [7, 11) is 1.85. The minimum Gasteiger partial charge on any atom is -0.336 e. The van der Waals surface area contributed by atoms with E-state index in [1.165, 1.54) is 24.3 Å². The van der Waals surface area contributed by atoms with Crippen LogP contribution in [0.4, 0.5) is 13.2 Å². The highest BCUT2D eigenvalue weighted by molar-refractivity contribution is 5.27. The van der Waals surface area contributed by atoms with Crippen LogP contribution in [0.15, 0.2) is 54.9 Å². The molecule has 0 saturated heterocycles. The van der Waals surface area contributed by atoms with Crippen molar-refractivity contribution < 1.29 is 13.2 Å². The molecule has 0 fully saturated rings. The smallest absolute Gasteiger partial charge is 0.130 e. The first kappa shape index (κ1) is 16.3. The average Bonchev–Trinajstić information content (AvgIpc) is 2.97. The van der Waals surface area contributed by atoms with Gasteiger partial charge in [-0.3, -0.25) is 5.32 Å². The number of benzene rings is 2. The molecule has 0 spiro atoms. The first-order valence-corrected chi connectivity index (χ1v) is 7.44. The van der Waals surface area contributed by atoms with Crippen molar-refractivity contribution in [3.63, 3.8) is 0 Å². The van der Waals surface area contributed by atoms with Gasteiger partial charge in [0.25, 0.3) is 0 Å². The third kappa shape index (κ3) is 3.49. The van der Waals surface area contributed by atoms with Crippen LogP contribution in [-0.4, -0.2) is 9.55 Å². The molecule has 0 aliphatic heterocycles. The van der Waals surface area contributed by atoms with Crippen LogP contribution in [0.1, 0.15) is 23.0 Å². The van der Waals surface area contributed by atoms with Gasteiger partial charge in [-0.05, 0) is 23.8 Å². The molecule has 124 valence electrons. The molecule has 6 heteroatoms. The third-order valence-corrected chi connectivity index (χ3v) is 3.83. The lowest BCUT2D eigenvalue weighted by atomic mass is 10.1. The van der Waals surface area contributed by atoms with Crippen molar-refractivity contribution in [2.45, 2.75) is 12.6 Å². The Labute approximate surface area is 137 Å². The molecule has 2 aromatic carbocycles. The number of hydrogen-bond donors (Lipinski definition) is 1. The van der Waals surface area contributed by atoms with Gasteiger partial charge in [-0.1, -0.05) is 18.2 Å². The van der Waals surface area contributed by atoms with E-state index in [-0.39, 0.29) is 18.4 Å². The van der Waals surface area contributed by atoms with Crippen LogP contribution >= 0.6 is 0 Å². The molecule has 0 aliphatic rings. The standard InChI is InChI=1S/C18H16F3N3/c1-24-9-8-22-18(24)17(12-2-5-14(19)6-3-12)23-11-13-4-7-15(20)10-16(13)21/h2-10,17,23H,11H2,1H3/t17-/m1/s1. The molecule has 3 nitrogen and oxygen atoms in total. The maximum absolute atomic E-state index is 13.8. The largest absolute Gasteiger partial charge is 0.336 e. The fourth-order valence-corrected chi connectivity index (χ4v) is 2.55. The summed E-state index contributed by atoms with van der Waals surface area (Å²) in [6.45, 7) is 0.182. The van der Waals surface area contributed by atoms with Crippen LogP contribution in [0.2, 0.25) is 0 Å². The molecule has 0 saturated carbocycles. The summed E-state index contributed by atoms with van der Waals surface area (Å²) in [6, 6.07) is 9.16. The molecule has 0 unspecified atom stereocenters. The van der Waals surface area contributed by atoms with Crippen molar-refractivity contribution in [1.29, 1.82) is 0 Å². The summed E-state index contributed by atoms with van der Waals surface area (Å²) in [5, 5.41) is 3.21. The number of hydrogen-bond acceptors (Lipinski definition) is 2. The maximum Gasteiger partial charge on any atom is 0.130 e. The van der Waals surface area contributed by atoms with Gasteiger partial charge in [0, 0.05) is 37.6 Å². The molecule has 3 rings (SSSR count). The Morgan fingerprint density at radius 3 is 2.38 bits per heavy atom. The normalized spacial score (nSPS) is 12.3. The third-order valence-electron chi connectivity index (χ3n) is 3.83. The molecular formula is C18H16F3N3. The van der Waals surface area contributed by atoms with Gasteiger partial charge in [-0.15, -0.1) is 0 Å². The molecule has 1 atom stereocenters. The Kier molecular flexibility index (Phi) is 4.66. The van der Waals surface area contributed by atoms with E-state index < -0.39 is 11.6 Å². The van der Waals surface area contributed by atoms with Crippen molar-refractivity contribution in [3.05, 3.63) is 89.3 Å². The van der Waals surface area contributed by atoms with Crippen LogP contribution in [0, 0.1) is 17.5 Å². The van der Waals surface area contributed by atoms with Crippen molar-refractivity contribution in [2.24, 2.45) is 7.05 Å². The van der Waals surface area contributed by atoms with E-state index >= 15 is 0 Å². The van der Waals surface area contributed by atoms with Gasteiger partial charge in [-0.2, -0.15) is 0 Å². The predicted octanol–water partition coefficient (Wildman–Crippen LogP) is 3.72. The van der Waals surface area contributed by atoms with Crippen molar-refractivity contribution in [1.82, 2.24) is 14.9 Å². The van der Waals surface area contributed by atoms with Crippen LogP contribution < -0.4 is 5.32 Å². The van der Waals surface area contributed by atoms with Gasteiger partial charge in [0.1, 0.15) is 23.3 Å². The lowest BCUT2D eigenvalue weighted by Crippen LogP contribution is -2.25. The lowest BCUT2D eigenvalue weighted by molar-refractivity contribution is 0.526. The van der Waals surface area contributed by atoms with Gasteiger partial charge in [-0.25, -0.2) is 18.2 Å². The minimum atomic E-state index is -0.615. The van der Waals surface area contributed by atoms with Gasteiger partial charge in [0.05, 0.1) is 6.04 Å². The zero-order valence-electron chi connectivity index (χ0n) is 13.0. The van der Waals surface area contributed by atoms with Crippen molar-refractivity contribution in [2.75, 3.05) is 0 Å². The maximum atomic E-state index is 13.8. The number of rotatable bonds is 5. The summed E-state index contributed by atoms with van der Waals surface area (Å²) in [5.41, 5.74) is 1.14. The Balaban J connectivity index is 1.88. The van der Waals surface area contributed by atoms with E-state index in [1.807, 2.05) is 11.6 Å². The molecule has 0 radical (unpaired) electrons. The number of nitrogens with one attached hydrogen (secondary N) is 1. The molecule has 0 amide bonds. The summed E-state index contributed by atoms with van der Waals surface area (Å²) in [4.78, 5) is 4.32. The Morgan fingerprint density at radius 1 is 1.04 bits per heavy atom. The molecule has 0 bridgehead atoms. The fourth-order valence-electron chi connectivity index (χ4n) is 2.55. The SMILES string of the molecule is Cn1ccnc1[C@H](NCc1ccc(F)cc1F)c1ccc(F)cc1. The second-order valence-corrected chi connectivity index (χ2v) is 5.50. The molecule has 1 N–H and O–H groups in total. The summed E-state index contributed by atoms with van der Waals surface area (Å²) < 4.78 is 41.9. The van der Waals surface area contributed by atoms with E-state index in [1.54, 1.807) is 24.5 Å². The molecule has 0 aliphatic carbocycles. The van der Waals surface area contributed by atoms with Crippen molar-refractivity contribution >= 4 is 0 Å². The average molecular weight is 331 g/mol. The number of aromatic nitrogens is 2. The molecular weight excluding hydrogens is 315 g/mol. The minimum absolute atomic E-state index is 0.182. The van der Waals surface area contributed by atoms with Gasteiger partial charge >= 0.3 is 0 Å². The van der Waals surface area contributed by atoms with E-state index in [2.05, 4.69) is 10.3 Å². The first-order chi connectivity index (χ1) is 11.5. The number of nitrogens with zero attached hydrogens (tertiary/aromatic N) is 2. The van der Waals surface area contributed by atoms with Crippen LogP contribution in [-0.2, 0) is 13.6 Å². The van der Waals surface area contributed by atoms with Gasteiger partial charge < -0.3 is 4.57 Å². The highest BCUT2D eigenvalue weighted by Gasteiger charge is 2.18. The number of aryl methyl sites for hydroxylation is 1. The van der Waals surface area contributed by atoms with Crippen LogP contribution in [0.25, 0.3) is 0 Å². The lowest BCUT2D eigenvalue weighted by Gasteiger charge is -2.19. The number of halogens is 3. The Hall–Kier alpha value is -2.60. The Bertz CT molecular complexity index is 828. The van der Waals surface area contributed by atoms with Crippen LogP contribution in [0.5, 0.6) is 0 Å². The summed E-state index contributed by atoms with van der Waals surface area (Å²) in [6.07, 6.45) is 3.46. The quantitative estimate of drug-likeness (QED) is 0.772. The summed E-state index contributed by atoms with van der Waals surface area (Å²) >= 11 is 0. The van der Waals surface area contributed by atoms with E-state index in [0.29, 0.717) is 11.4 Å². The van der Waals surface area contributed by atoms with Crippen LogP contribution in [0.3, 0.4) is 0 Å². The zero-order valence-corrected chi connectivity index (χ0v) is 13.0. The topological polar surface area (TPSA) is 29.9 Å². The predicted molar refractivity (Wildman–Crippen MR) is 84.6 cm³/mol. The fraction of sp³-hybridized carbons (Fsp3) is 0.167. The van der Waals surface area contributed by atoms with Gasteiger partial charge in [0.15, 0.2) is 0 Å². The monoisotopic (exact) mass is 331 g/mol. The second kappa shape index (κ2) is 6.88. The van der Waals surface area contributed by atoms with Gasteiger partial charge in [0.2, 0.25) is 0 Å². The molecule has 1 aromatic heterocycles. The first-order valence-electron chi connectivity index (χ1n) is 7.44. The highest BCUT2D eigenvalue weighted by atomic mass is 19.1. The van der Waals surface area contributed by atoms with E-state index in [0.717, 1.165) is 11.6 Å². The second-order valence-electron chi connectivity index (χ2n) is 5.50. The molecule has 3 aromatic rings. The van der Waals surface area contributed by atoms with Crippen molar-refractivity contribution in [3.8, 4) is 0 Å². The highest BCUT2D eigenvalue weighted by Crippen LogP contribution is 2.22. The van der Waals surface area contributed by atoms with E-state index in [4.69, 9.17) is 0 Å². The Morgan fingerprint density at radius 2 is 1.75 bits per heavy atom.